The molecule has 0 fully saturated rings. The third kappa shape index (κ3) is 2.17. The van der Waals surface area contributed by atoms with Gasteiger partial charge in [0.1, 0.15) is 0 Å². The molecule has 0 spiro atoms. The van der Waals surface area contributed by atoms with E-state index in [1.54, 1.807) is 0 Å². The summed E-state index contributed by atoms with van der Waals surface area (Å²) in [6, 6.07) is 8.35. The predicted octanol–water partition coefficient (Wildman–Crippen LogP) is 3.39. The first kappa shape index (κ1) is 10.2. The second kappa shape index (κ2) is 4.43. The maximum absolute atomic E-state index is 11.7. The Hall–Kier alpha value is -1.37. The minimum absolute atomic E-state index is 0.297. The number of carbonyl (C=O) groups excluding carboxylic acids is 1. The summed E-state index contributed by atoms with van der Waals surface area (Å²) in [5.74, 6) is 0.297. The van der Waals surface area contributed by atoms with Gasteiger partial charge in [0.15, 0.2) is 5.78 Å². The molecule has 1 aliphatic carbocycles. The quantitative estimate of drug-likeness (QED) is 0.715. The number of carbonyl (C=O) groups is 1. The summed E-state index contributed by atoms with van der Waals surface area (Å²) < 4.78 is 0. The summed E-state index contributed by atoms with van der Waals surface area (Å²) in [6.45, 7) is 2.14. The molecule has 1 heteroatoms. The Morgan fingerprint density at radius 1 is 1.20 bits per heavy atom. The lowest BCUT2D eigenvalue weighted by Gasteiger charge is -2.11. The second-order valence-corrected chi connectivity index (χ2v) is 3.98. The molecule has 0 aromatic heterocycles. The van der Waals surface area contributed by atoms with E-state index in [9.17, 15) is 4.79 Å². The molecule has 0 atom stereocenters. The average molecular weight is 200 g/mol. The van der Waals surface area contributed by atoms with E-state index in [0.717, 1.165) is 30.4 Å². The molecule has 0 saturated heterocycles. The summed E-state index contributed by atoms with van der Waals surface area (Å²) in [4.78, 5) is 11.7. The van der Waals surface area contributed by atoms with Crippen LogP contribution in [0.4, 0.5) is 0 Å². The summed E-state index contributed by atoms with van der Waals surface area (Å²) in [6.07, 6.45) is 5.88. The van der Waals surface area contributed by atoms with E-state index in [2.05, 4.69) is 37.3 Å². The van der Waals surface area contributed by atoms with Gasteiger partial charge in [-0.25, -0.2) is 0 Å². The van der Waals surface area contributed by atoms with Gasteiger partial charge in [-0.1, -0.05) is 37.3 Å². The highest BCUT2D eigenvalue weighted by Gasteiger charge is 2.14. The Kier molecular flexibility index (Phi) is 3.00. The number of aryl methyl sites for hydroxylation is 1. The minimum atomic E-state index is 0.297. The molecule has 2 rings (SSSR count). The molecule has 0 bridgehead atoms. The largest absolute Gasteiger partial charge is 0.294 e. The Bertz CT molecular complexity index is 384. The number of benzene rings is 1. The van der Waals surface area contributed by atoms with Crippen molar-refractivity contribution in [2.75, 3.05) is 0 Å². The highest BCUT2D eigenvalue weighted by Crippen LogP contribution is 2.23. The maximum Gasteiger partial charge on any atom is 0.163 e. The van der Waals surface area contributed by atoms with Gasteiger partial charge >= 0.3 is 0 Å². The van der Waals surface area contributed by atoms with E-state index in [1.165, 1.54) is 5.56 Å². The Morgan fingerprint density at radius 3 is 2.53 bits per heavy atom. The Balaban J connectivity index is 2.28. The minimum Gasteiger partial charge on any atom is -0.294 e. The molecule has 78 valence electrons. The molecule has 0 heterocycles. The van der Waals surface area contributed by atoms with Crippen LogP contribution in [0.15, 0.2) is 30.3 Å². The van der Waals surface area contributed by atoms with Crippen molar-refractivity contribution in [1.82, 2.24) is 0 Å². The van der Waals surface area contributed by atoms with Crippen molar-refractivity contribution >= 4 is 11.4 Å². The predicted molar refractivity (Wildman–Crippen MR) is 62.7 cm³/mol. The van der Waals surface area contributed by atoms with Crippen molar-refractivity contribution < 1.29 is 4.79 Å². The summed E-state index contributed by atoms with van der Waals surface area (Å²) in [7, 11) is 0. The molecular weight excluding hydrogens is 184 g/mol. The lowest BCUT2D eigenvalue weighted by molar-refractivity contribution is -0.114. The van der Waals surface area contributed by atoms with Crippen LogP contribution >= 0.6 is 0 Å². The standard InChI is InChI=1S/C14H16O/c1-2-11-7-9-12(10-8-11)13-5-3-4-6-14(13)15/h5,7-10H,2-4,6H2,1H3. The molecular formula is C14H16O. The first-order valence-electron chi connectivity index (χ1n) is 5.64. The van der Waals surface area contributed by atoms with Crippen molar-refractivity contribution in [3.8, 4) is 0 Å². The van der Waals surface area contributed by atoms with Crippen LogP contribution in [0.1, 0.15) is 37.3 Å². The van der Waals surface area contributed by atoms with Crippen molar-refractivity contribution in [3.63, 3.8) is 0 Å². The normalized spacial score (nSPS) is 16.3. The lowest BCUT2D eigenvalue weighted by Crippen LogP contribution is -2.05. The summed E-state index contributed by atoms with van der Waals surface area (Å²) >= 11 is 0. The Morgan fingerprint density at radius 2 is 1.93 bits per heavy atom. The third-order valence-corrected chi connectivity index (χ3v) is 2.93. The first-order chi connectivity index (χ1) is 7.31. The number of Topliss-reactive ketones (excluding diaryl/α,β-unsaturated/α-hetero) is 1. The molecule has 15 heavy (non-hydrogen) atoms. The molecule has 0 N–H and O–H groups in total. The van der Waals surface area contributed by atoms with Crippen molar-refractivity contribution in [3.05, 3.63) is 41.5 Å². The van der Waals surface area contributed by atoms with Gasteiger partial charge < -0.3 is 0 Å². The molecule has 0 amide bonds. The molecule has 1 aromatic carbocycles. The number of ketones is 1. The number of rotatable bonds is 2. The Labute approximate surface area is 90.8 Å². The van der Waals surface area contributed by atoms with E-state index in [1.807, 2.05) is 0 Å². The van der Waals surface area contributed by atoms with Crippen molar-refractivity contribution in [1.29, 1.82) is 0 Å². The molecule has 0 unspecified atom stereocenters. The van der Waals surface area contributed by atoms with Crippen LogP contribution in [0, 0.1) is 0 Å². The highest BCUT2D eigenvalue weighted by molar-refractivity contribution is 6.21. The van der Waals surface area contributed by atoms with Crippen LogP contribution in [-0.4, -0.2) is 5.78 Å². The van der Waals surface area contributed by atoms with Gasteiger partial charge in [0, 0.05) is 12.0 Å². The van der Waals surface area contributed by atoms with E-state index in [-0.39, 0.29) is 0 Å². The summed E-state index contributed by atoms with van der Waals surface area (Å²) in [5, 5.41) is 0. The summed E-state index contributed by atoms with van der Waals surface area (Å²) in [5.41, 5.74) is 3.32. The zero-order valence-corrected chi connectivity index (χ0v) is 9.12. The lowest BCUT2D eigenvalue weighted by atomic mass is 9.92. The van der Waals surface area contributed by atoms with Gasteiger partial charge in [0.25, 0.3) is 0 Å². The SMILES string of the molecule is CCc1ccc(C2=CCCCC2=O)cc1. The third-order valence-electron chi connectivity index (χ3n) is 2.93. The zero-order chi connectivity index (χ0) is 10.7. The van der Waals surface area contributed by atoms with E-state index < -0.39 is 0 Å². The fourth-order valence-corrected chi connectivity index (χ4v) is 1.96. The smallest absolute Gasteiger partial charge is 0.163 e. The van der Waals surface area contributed by atoms with Gasteiger partial charge in [-0.15, -0.1) is 0 Å². The van der Waals surface area contributed by atoms with E-state index in [0.29, 0.717) is 12.2 Å². The van der Waals surface area contributed by atoms with E-state index >= 15 is 0 Å². The molecule has 0 aliphatic heterocycles. The van der Waals surface area contributed by atoms with Crippen LogP contribution < -0.4 is 0 Å². The van der Waals surface area contributed by atoms with Crippen LogP contribution in [0.25, 0.3) is 5.57 Å². The van der Waals surface area contributed by atoms with Crippen LogP contribution in [-0.2, 0) is 11.2 Å². The van der Waals surface area contributed by atoms with Gasteiger partial charge in [0.05, 0.1) is 0 Å². The molecule has 1 nitrogen and oxygen atoms in total. The van der Waals surface area contributed by atoms with Crippen molar-refractivity contribution in [2.24, 2.45) is 0 Å². The maximum atomic E-state index is 11.7. The van der Waals surface area contributed by atoms with Crippen LogP contribution in [0.3, 0.4) is 0 Å². The van der Waals surface area contributed by atoms with Crippen LogP contribution in [0.5, 0.6) is 0 Å². The highest BCUT2D eigenvalue weighted by atomic mass is 16.1. The molecule has 1 aromatic rings. The topological polar surface area (TPSA) is 17.1 Å². The van der Waals surface area contributed by atoms with E-state index in [4.69, 9.17) is 0 Å². The first-order valence-corrected chi connectivity index (χ1v) is 5.64. The van der Waals surface area contributed by atoms with Gasteiger partial charge in [-0.3, -0.25) is 4.79 Å². The number of hydrogen-bond acceptors (Lipinski definition) is 1. The zero-order valence-electron chi connectivity index (χ0n) is 9.12. The molecule has 0 saturated carbocycles. The number of allylic oxidation sites excluding steroid dienone is 2. The number of hydrogen-bond donors (Lipinski definition) is 0. The van der Waals surface area contributed by atoms with Gasteiger partial charge in [-0.2, -0.15) is 0 Å². The fourth-order valence-electron chi connectivity index (χ4n) is 1.96. The molecule has 0 radical (unpaired) electrons. The van der Waals surface area contributed by atoms with Crippen LogP contribution in [0.2, 0.25) is 0 Å². The second-order valence-electron chi connectivity index (χ2n) is 3.98. The van der Waals surface area contributed by atoms with Crippen molar-refractivity contribution in [2.45, 2.75) is 32.6 Å². The van der Waals surface area contributed by atoms with Gasteiger partial charge in [-0.05, 0) is 30.4 Å². The van der Waals surface area contributed by atoms with Gasteiger partial charge in [0.2, 0.25) is 0 Å². The fraction of sp³-hybridized carbons (Fsp3) is 0.357. The monoisotopic (exact) mass is 200 g/mol. The average Bonchev–Trinajstić information content (AvgIpc) is 2.30. The molecule has 1 aliphatic rings.